The van der Waals surface area contributed by atoms with Crippen LogP contribution in [0.3, 0.4) is 0 Å². The largest absolute Gasteiger partial charge is 0.306 e. The smallest absolute Gasteiger partial charge is 0.256 e. The number of carbonyl (C=O) groups is 1. The summed E-state index contributed by atoms with van der Waals surface area (Å²) >= 11 is 3.40. The molecule has 4 aromatic rings. The third kappa shape index (κ3) is 4.32. The van der Waals surface area contributed by atoms with Crippen molar-refractivity contribution in [2.24, 2.45) is 0 Å². The molecule has 0 bridgehead atoms. The Morgan fingerprint density at radius 2 is 1.81 bits per heavy atom. The minimum absolute atomic E-state index is 0.149. The van der Waals surface area contributed by atoms with Crippen molar-refractivity contribution in [2.75, 3.05) is 5.32 Å². The number of rotatable bonds is 5. The summed E-state index contributed by atoms with van der Waals surface area (Å²) in [5.41, 5.74) is 5.34. The van der Waals surface area contributed by atoms with E-state index in [0.717, 1.165) is 34.1 Å². The van der Waals surface area contributed by atoms with Gasteiger partial charge in [0.15, 0.2) is 0 Å². The van der Waals surface area contributed by atoms with Crippen LogP contribution in [0.2, 0.25) is 0 Å². The number of aromatic nitrogens is 3. The topological polar surface area (TPSA) is 59.8 Å². The molecule has 164 valence electrons. The van der Waals surface area contributed by atoms with E-state index >= 15 is 0 Å². The molecular weight excluding hydrogens is 436 g/mol. The maximum Gasteiger partial charge on any atom is 0.256 e. The minimum Gasteiger partial charge on any atom is -0.306 e. The highest BCUT2D eigenvalue weighted by Gasteiger charge is 2.18. The van der Waals surface area contributed by atoms with E-state index in [-0.39, 0.29) is 5.91 Å². The molecule has 5 nitrogen and oxygen atoms in total. The summed E-state index contributed by atoms with van der Waals surface area (Å²) in [4.78, 5) is 18.9. The standard InChI is InChI=1S/C25H26N4OS2/c1-15(2)31-20-10-8-17(9-11-20)24(30)27-23-12-16(3)28-29(23)25-26-21-13-18-6-4-5-7-19(18)14-22(21)32-25/h8-15H,4-7H2,1-3H3,(H,27,30). The molecule has 0 aliphatic heterocycles. The van der Waals surface area contributed by atoms with Crippen molar-refractivity contribution >= 4 is 45.0 Å². The van der Waals surface area contributed by atoms with Crippen molar-refractivity contribution in [3.63, 3.8) is 0 Å². The van der Waals surface area contributed by atoms with Gasteiger partial charge in [-0.05, 0) is 80.1 Å². The molecule has 0 fully saturated rings. The van der Waals surface area contributed by atoms with Gasteiger partial charge in [0.2, 0.25) is 5.13 Å². The molecule has 1 amide bonds. The van der Waals surface area contributed by atoms with Crippen LogP contribution in [0.4, 0.5) is 5.82 Å². The molecule has 0 saturated heterocycles. The molecular formula is C25H26N4OS2. The van der Waals surface area contributed by atoms with E-state index in [9.17, 15) is 4.79 Å². The highest BCUT2D eigenvalue weighted by molar-refractivity contribution is 7.99. The van der Waals surface area contributed by atoms with E-state index in [2.05, 4.69) is 36.4 Å². The highest BCUT2D eigenvalue weighted by atomic mass is 32.2. The Morgan fingerprint density at radius 1 is 1.09 bits per heavy atom. The molecule has 0 radical (unpaired) electrons. The first-order valence-electron chi connectivity index (χ1n) is 11.0. The predicted molar refractivity (Wildman–Crippen MR) is 134 cm³/mol. The maximum absolute atomic E-state index is 12.9. The summed E-state index contributed by atoms with van der Waals surface area (Å²) in [6, 6.07) is 14.1. The lowest BCUT2D eigenvalue weighted by atomic mass is 9.92. The summed E-state index contributed by atoms with van der Waals surface area (Å²) in [5.74, 6) is 0.487. The Bertz CT molecular complexity index is 1240. The number of hydrogen-bond donors (Lipinski definition) is 1. The molecule has 2 aromatic carbocycles. The van der Waals surface area contributed by atoms with Gasteiger partial charge < -0.3 is 5.32 Å². The van der Waals surface area contributed by atoms with Crippen LogP contribution in [-0.2, 0) is 12.8 Å². The fourth-order valence-corrected chi connectivity index (χ4v) is 5.93. The Balaban J connectivity index is 1.42. The first kappa shape index (κ1) is 21.2. The number of fused-ring (bicyclic) bond motifs is 2. The van der Waals surface area contributed by atoms with Gasteiger partial charge in [0.05, 0.1) is 15.9 Å². The molecule has 1 aliphatic carbocycles. The fourth-order valence-electron chi connectivity index (χ4n) is 4.11. The lowest BCUT2D eigenvalue weighted by molar-refractivity contribution is 0.102. The summed E-state index contributed by atoms with van der Waals surface area (Å²) in [7, 11) is 0. The van der Waals surface area contributed by atoms with E-state index in [0.29, 0.717) is 16.6 Å². The molecule has 1 aliphatic rings. The number of hydrogen-bond acceptors (Lipinski definition) is 5. The number of anilines is 1. The highest BCUT2D eigenvalue weighted by Crippen LogP contribution is 2.32. The van der Waals surface area contributed by atoms with Gasteiger partial charge in [-0.2, -0.15) is 9.78 Å². The number of nitrogens with zero attached hydrogens (tertiary/aromatic N) is 3. The normalized spacial score (nSPS) is 13.5. The quantitative estimate of drug-likeness (QED) is 0.348. The van der Waals surface area contributed by atoms with Gasteiger partial charge in [0.25, 0.3) is 5.91 Å². The predicted octanol–water partition coefficient (Wildman–Crippen LogP) is 6.42. The van der Waals surface area contributed by atoms with Gasteiger partial charge in [0.1, 0.15) is 5.82 Å². The second-order valence-electron chi connectivity index (χ2n) is 8.52. The van der Waals surface area contributed by atoms with Crippen molar-refractivity contribution in [2.45, 2.75) is 56.6 Å². The van der Waals surface area contributed by atoms with Gasteiger partial charge in [-0.15, -0.1) is 11.8 Å². The van der Waals surface area contributed by atoms with Crippen LogP contribution >= 0.6 is 23.1 Å². The van der Waals surface area contributed by atoms with E-state index in [1.54, 1.807) is 27.8 Å². The van der Waals surface area contributed by atoms with E-state index in [1.165, 1.54) is 28.7 Å². The van der Waals surface area contributed by atoms with Crippen molar-refractivity contribution < 1.29 is 4.79 Å². The molecule has 0 atom stereocenters. The van der Waals surface area contributed by atoms with Crippen LogP contribution < -0.4 is 5.32 Å². The van der Waals surface area contributed by atoms with Gasteiger partial charge in [-0.25, -0.2) is 4.98 Å². The number of thioether (sulfide) groups is 1. The van der Waals surface area contributed by atoms with Crippen molar-refractivity contribution in [3.05, 3.63) is 64.8 Å². The Hall–Kier alpha value is -2.64. The molecule has 0 saturated carbocycles. The van der Waals surface area contributed by atoms with Crippen molar-refractivity contribution in [1.29, 1.82) is 0 Å². The Labute approximate surface area is 196 Å². The first-order valence-corrected chi connectivity index (χ1v) is 12.7. The van der Waals surface area contributed by atoms with Crippen LogP contribution in [0.1, 0.15) is 53.9 Å². The number of aryl methyl sites for hydroxylation is 3. The lowest BCUT2D eigenvalue weighted by Crippen LogP contribution is -2.15. The van der Waals surface area contributed by atoms with Crippen LogP contribution in [0.5, 0.6) is 0 Å². The average Bonchev–Trinajstić information content (AvgIpc) is 3.34. The number of nitrogens with one attached hydrogen (secondary N) is 1. The second kappa shape index (κ2) is 8.71. The summed E-state index contributed by atoms with van der Waals surface area (Å²) in [5, 5.41) is 8.92. The van der Waals surface area contributed by atoms with Crippen LogP contribution in [-0.4, -0.2) is 25.9 Å². The zero-order chi connectivity index (χ0) is 22.2. The Kier molecular flexibility index (Phi) is 5.78. The van der Waals surface area contributed by atoms with E-state index in [1.807, 2.05) is 37.3 Å². The van der Waals surface area contributed by atoms with E-state index in [4.69, 9.17) is 4.98 Å². The van der Waals surface area contributed by atoms with Crippen LogP contribution in [0.25, 0.3) is 15.3 Å². The lowest BCUT2D eigenvalue weighted by Gasteiger charge is -2.14. The van der Waals surface area contributed by atoms with Crippen LogP contribution in [0.15, 0.2) is 47.4 Å². The number of amides is 1. The number of benzene rings is 2. The monoisotopic (exact) mass is 462 g/mol. The molecule has 0 unspecified atom stereocenters. The minimum atomic E-state index is -0.149. The molecule has 1 N–H and O–H groups in total. The number of carbonyl (C=O) groups excluding carboxylic acids is 1. The Morgan fingerprint density at radius 3 is 2.53 bits per heavy atom. The summed E-state index contributed by atoms with van der Waals surface area (Å²) < 4.78 is 2.92. The van der Waals surface area contributed by atoms with Gasteiger partial charge in [-0.1, -0.05) is 25.2 Å². The molecule has 7 heteroatoms. The third-order valence-corrected chi connectivity index (χ3v) is 7.59. The SMILES string of the molecule is Cc1cc(NC(=O)c2ccc(SC(C)C)cc2)n(-c2nc3cc4c(cc3s2)CCCC4)n1. The molecule has 2 aromatic heterocycles. The second-order valence-corrected chi connectivity index (χ2v) is 11.2. The molecule has 2 heterocycles. The van der Waals surface area contributed by atoms with Crippen molar-refractivity contribution in [1.82, 2.24) is 14.8 Å². The first-order chi connectivity index (χ1) is 15.5. The average molecular weight is 463 g/mol. The van der Waals surface area contributed by atoms with E-state index < -0.39 is 0 Å². The van der Waals surface area contributed by atoms with Gasteiger partial charge in [-0.3, -0.25) is 4.79 Å². The summed E-state index contributed by atoms with van der Waals surface area (Å²) in [6.07, 6.45) is 4.79. The zero-order valence-corrected chi connectivity index (χ0v) is 20.1. The third-order valence-electron chi connectivity index (χ3n) is 5.58. The number of thiazole rings is 1. The van der Waals surface area contributed by atoms with Crippen LogP contribution in [0, 0.1) is 6.92 Å². The maximum atomic E-state index is 12.9. The fraction of sp³-hybridized carbons (Fsp3) is 0.320. The summed E-state index contributed by atoms with van der Waals surface area (Å²) in [6.45, 7) is 6.24. The molecule has 5 rings (SSSR count). The van der Waals surface area contributed by atoms with Crippen molar-refractivity contribution in [3.8, 4) is 5.13 Å². The zero-order valence-electron chi connectivity index (χ0n) is 18.5. The molecule has 0 spiro atoms. The van der Waals surface area contributed by atoms with Gasteiger partial charge >= 0.3 is 0 Å². The molecule has 32 heavy (non-hydrogen) atoms. The van der Waals surface area contributed by atoms with Gasteiger partial charge in [0, 0.05) is 21.8 Å².